The molecule has 0 bridgehead atoms. The van der Waals surface area contributed by atoms with Gasteiger partial charge in [-0.25, -0.2) is 9.97 Å². The Kier molecular flexibility index (Phi) is 1.77. The molecule has 1 aromatic heterocycles. The number of nitrogens with zero attached hydrogens (tertiary/aromatic N) is 4. The topological polar surface area (TPSA) is 59.4 Å². The van der Waals surface area contributed by atoms with Crippen LogP contribution in [0.3, 0.4) is 0 Å². The molecule has 86 valence electrons. The third kappa shape index (κ3) is 1.18. The number of hydrogen-bond acceptors (Lipinski definition) is 3. The predicted octanol–water partition coefficient (Wildman–Crippen LogP) is 2.25. The fraction of sp³-hybridized carbons (Fsp3) is 0. The van der Waals surface area contributed by atoms with Gasteiger partial charge in [0.2, 0.25) is 0 Å². The molecule has 2 aromatic rings. The predicted molar refractivity (Wildman–Crippen MR) is 67.6 cm³/mol. The smallest absolute Gasteiger partial charge is 0.176 e. The number of H-pyrrole nitrogens is 1. The van der Waals surface area contributed by atoms with Gasteiger partial charge in [0.25, 0.3) is 0 Å². The first kappa shape index (κ1) is 9.35. The van der Waals surface area contributed by atoms with Crippen LogP contribution in [0.2, 0.25) is 0 Å². The number of hydrogen-bond donors (Lipinski definition) is 1. The summed E-state index contributed by atoms with van der Waals surface area (Å²) in [5.74, 6) is 1.59. The van der Waals surface area contributed by atoms with Crippen LogP contribution in [0.4, 0.5) is 0 Å². The fourth-order valence-corrected chi connectivity index (χ4v) is 2.17. The average molecular weight is 235 g/mol. The van der Waals surface area contributed by atoms with Crippen molar-refractivity contribution in [2.24, 2.45) is 0 Å². The van der Waals surface area contributed by atoms with Gasteiger partial charge >= 0.3 is 0 Å². The molecule has 2 aliphatic heterocycles. The van der Waals surface area contributed by atoms with Crippen molar-refractivity contribution < 1.29 is 0 Å². The highest BCUT2D eigenvalue weighted by Crippen LogP contribution is 2.24. The first-order valence-corrected chi connectivity index (χ1v) is 5.65. The second-order valence-corrected chi connectivity index (χ2v) is 4.04. The molecule has 0 aliphatic carbocycles. The minimum atomic E-state index is 0.726. The molecule has 1 aromatic carbocycles. The highest BCUT2D eigenvalue weighted by molar-refractivity contribution is 5.86. The second-order valence-electron chi connectivity index (χ2n) is 4.04. The van der Waals surface area contributed by atoms with Crippen LogP contribution in [0.15, 0.2) is 48.9 Å². The van der Waals surface area contributed by atoms with Gasteiger partial charge < -0.3 is 0 Å². The Bertz CT molecular complexity index is 798. The maximum atomic E-state index is 4.38. The molecule has 0 saturated carbocycles. The van der Waals surface area contributed by atoms with Crippen molar-refractivity contribution in [3.05, 3.63) is 48.9 Å². The van der Waals surface area contributed by atoms with Gasteiger partial charge in [-0.15, -0.1) is 0 Å². The highest BCUT2D eigenvalue weighted by atomic mass is 15.2. The van der Waals surface area contributed by atoms with Crippen molar-refractivity contribution in [2.45, 2.75) is 0 Å². The summed E-state index contributed by atoms with van der Waals surface area (Å²) in [6.45, 7) is 0. The number of fused-ring (bicyclic) bond motifs is 2. The maximum Gasteiger partial charge on any atom is 0.176 e. The summed E-state index contributed by atoms with van der Waals surface area (Å²) >= 11 is 0. The largest absolute Gasteiger partial charge is 0.295 e. The van der Waals surface area contributed by atoms with E-state index in [1.807, 2.05) is 41.1 Å². The van der Waals surface area contributed by atoms with Gasteiger partial charge in [-0.1, -0.05) is 12.1 Å². The van der Waals surface area contributed by atoms with Crippen LogP contribution in [-0.2, 0) is 0 Å². The number of nitrogens with one attached hydrogen (secondary N) is 1. The molecule has 2 aliphatic rings. The van der Waals surface area contributed by atoms with E-state index in [1.54, 1.807) is 12.4 Å². The quantitative estimate of drug-likeness (QED) is 0.550. The molecule has 18 heavy (non-hydrogen) atoms. The zero-order valence-corrected chi connectivity index (χ0v) is 9.41. The molecule has 5 heteroatoms. The van der Waals surface area contributed by atoms with Crippen molar-refractivity contribution in [1.82, 2.24) is 24.7 Å². The first-order chi connectivity index (χ1) is 8.93. The number of aromatic amines is 1. The monoisotopic (exact) mass is 235 g/mol. The van der Waals surface area contributed by atoms with Gasteiger partial charge in [-0.05, 0) is 18.2 Å². The molecule has 0 fully saturated rings. The van der Waals surface area contributed by atoms with Crippen molar-refractivity contribution in [2.75, 3.05) is 0 Å². The van der Waals surface area contributed by atoms with E-state index in [1.165, 1.54) is 0 Å². The van der Waals surface area contributed by atoms with Gasteiger partial charge in [0.05, 0.1) is 11.2 Å². The zero-order chi connectivity index (χ0) is 11.9. The highest BCUT2D eigenvalue weighted by Gasteiger charge is 2.13. The Labute approximate surface area is 102 Å². The normalized spacial score (nSPS) is 11.3. The number of benzene rings is 1. The SMILES string of the molecule is c1ccc2c(-n3ccnc4nccc3-4)n[nH]c2c1. The third-order valence-electron chi connectivity index (χ3n) is 3.01. The zero-order valence-electron chi connectivity index (χ0n) is 9.41. The van der Waals surface area contributed by atoms with Crippen LogP contribution in [-0.4, -0.2) is 24.7 Å². The molecule has 0 unspecified atom stereocenters. The molecule has 0 saturated heterocycles. The minimum Gasteiger partial charge on any atom is -0.295 e. The second kappa shape index (κ2) is 3.40. The summed E-state index contributed by atoms with van der Waals surface area (Å²) in [7, 11) is 0. The lowest BCUT2D eigenvalue weighted by molar-refractivity contribution is 0.944. The van der Waals surface area contributed by atoms with E-state index in [9.17, 15) is 0 Å². The number of para-hydroxylation sites is 1. The van der Waals surface area contributed by atoms with E-state index < -0.39 is 0 Å². The van der Waals surface area contributed by atoms with Crippen molar-refractivity contribution in [1.29, 1.82) is 0 Å². The molecule has 4 rings (SSSR count). The lowest BCUT2D eigenvalue weighted by atomic mass is 10.2. The van der Waals surface area contributed by atoms with Crippen LogP contribution < -0.4 is 0 Å². The lowest BCUT2D eigenvalue weighted by Gasteiger charge is -2.08. The molecular weight excluding hydrogens is 226 g/mol. The molecule has 3 heterocycles. The van der Waals surface area contributed by atoms with Gasteiger partial charge in [0.15, 0.2) is 11.6 Å². The van der Waals surface area contributed by atoms with E-state index in [2.05, 4.69) is 20.2 Å². The van der Waals surface area contributed by atoms with Crippen LogP contribution in [0, 0.1) is 0 Å². The van der Waals surface area contributed by atoms with Crippen LogP contribution in [0.25, 0.3) is 28.2 Å². The molecule has 0 amide bonds. The molecule has 5 nitrogen and oxygen atoms in total. The van der Waals surface area contributed by atoms with E-state index in [4.69, 9.17) is 0 Å². The Morgan fingerprint density at radius 3 is 2.89 bits per heavy atom. The third-order valence-corrected chi connectivity index (χ3v) is 3.01. The fourth-order valence-electron chi connectivity index (χ4n) is 2.17. The van der Waals surface area contributed by atoms with E-state index in [-0.39, 0.29) is 0 Å². The summed E-state index contributed by atoms with van der Waals surface area (Å²) in [6, 6.07) is 9.98. The van der Waals surface area contributed by atoms with Gasteiger partial charge in [-0.2, -0.15) is 5.10 Å². The Hall–Kier alpha value is -2.69. The van der Waals surface area contributed by atoms with Crippen molar-refractivity contribution >= 4 is 10.9 Å². The van der Waals surface area contributed by atoms with Crippen LogP contribution >= 0.6 is 0 Å². The standard InChI is InChI=1S/C13H9N5/c1-2-4-10-9(3-1)13(17-16-10)18-8-7-15-12-11(18)5-6-14-12/h1-8H,(H,16,17). The molecule has 1 N–H and O–H groups in total. The molecule has 0 spiro atoms. The Morgan fingerprint density at radius 1 is 1.00 bits per heavy atom. The average Bonchev–Trinajstić information content (AvgIpc) is 3.05. The summed E-state index contributed by atoms with van der Waals surface area (Å²) in [6.07, 6.45) is 5.38. The molecular formula is C13H9N5. The first-order valence-electron chi connectivity index (χ1n) is 5.65. The lowest BCUT2D eigenvalue weighted by Crippen LogP contribution is -2.01. The Morgan fingerprint density at radius 2 is 1.89 bits per heavy atom. The summed E-state index contributed by atoms with van der Waals surface area (Å²) in [5.41, 5.74) is 1.97. The number of rotatable bonds is 1. The summed E-state index contributed by atoms with van der Waals surface area (Å²) in [4.78, 5) is 8.42. The molecule has 0 radical (unpaired) electrons. The van der Waals surface area contributed by atoms with Crippen molar-refractivity contribution in [3.63, 3.8) is 0 Å². The van der Waals surface area contributed by atoms with E-state index >= 15 is 0 Å². The molecule has 0 atom stereocenters. The van der Waals surface area contributed by atoms with E-state index in [0.717, 1.165) is 28.2 Å². The van der Waals surface area contributed by atoms with Gasteiger partial charge in [0, 0.05) is 24.0 Å². The minimum absolute atomic E-state index is 0.726. The Balaban J connectivity index is 2.06. The van der Waals surface area contributed by atoms with Gasteiger partial charge in [-0.3, -0.25) is 9.67 Å². The van der Waals surface area contributed by atoms with E-state index in [0.29, 0.717) is 0 Å². The van der Waals surface area contributed by atoms with Crippen molar-refractivity contribution in [3.8, 4) is 17.3 Å². The summed E-state index contributed by atoms with van der Waals surface area (Å²) < 4.78 is 1.99. The van der Waals surface area contributed by atoms with Crippen LogP contribution in [0.1, 0.15) is 0 Å². The maximum absolute atomic E-state index is 4.38. The number of aromatic nitrogens is 5. The van der Waals surface area contributed by atoms with Crippen LogP contribution in [0.5, 0.6) is 0 Å². The van der Waals surface area contributed by atoms with Gasteiger partial charge in [0.1, 0.15) is 0 Å². The summed E-state index contributed by atoms with van der Waals surface area (Å²) in [5, 5.41) is 8.49.